The molecule has 10 nitrogen and oxygen atoms in total. The number of carboxylic acid groups (broad SMARTS) is 2. The lowest BCUT2D eigenvalue weighted by Crippen LogP contribution is -2.57. The van der Waals surface area contributed by atoms with E-state index in [4.69, 9.17) is 0 Å². The minimum Gasteiger partial charge on any atom is -0.480 e. The van der Waals surface area contributed by atoms with E-state index in [2.05, 4.69) is 20.4 Å². The summed E-state index contributed by atoms with van der Waals surface area (Å²) in [5.41, 5.74) is 0.512. The van der Waals surface area contributed by atoms with Crippen molar-refractivity contribution in [3.05, 3.63) is 35.4 Å². The molecule has 6 aliphatic rings. The fourth-order valence-corrected chi connectivity index (χ4v) is 6.70. The van der Waals surface area contributed by atoms with E-state index in [1.54, 1.807) is 0 Å². The maximum atomic E-state index is 12.9. The number of aliphatic carboxylic acids is 2. The van der Waals surface area contributed by atoms with Crippen LogP contribution in [0.1, 0.15) is 46.4 Å². The lowest BCUT2D eigenvalue weighted by atomic mass is 9.75. The molecule has 2 unspecified atom stereocenters. The van der Waals surface area contributed by atoms with Gasteiger partial charge >= 0.3 is 11.9 Å². The Morgan fingerprint density at radius 1 is 0.667 bits per heavy atom. The summed E-state index contributed by atoms with van der Waals surface area (Å²) in [6, 6.07) is 3.97. The third-order valence-corrected chi connectivity index (χ3v) is 8.78. The summed E-state index contributed by atoms with van der Waals surface area (Å²) in [6.45, 7) is 5.26. The molecule has 6 heterocycles. The molecular formula is C26H34N4O6. The van der Waals surface area contributed by atoms with Gasteiger partial charge in [0, 0.05) is 36.1 Å². The first-order chi connectivity index (χ1) is 17.3. The Bertz CT molecular complexity index is 933. The highest BCUT2D eigenvalue weighted by atomic mass is 16.4. The van der Waals surface area contributed by atoms with Crippen LogP contribution in [0.15, 0.2) is 24.3 Å². The van der Waals surface area contributed by atoms with Crippen molar-refractivity contribution in [2.75, 3.05) is 39.3 Å². The summed E-state index contributed by atoms with van der Waals surface area (Å²) in [5, 5.41) is 25.0. The molecule has 1 aromatic rings. The summed E-state index contributed by atoms with van der Waals surface area (Å²) in [5.74, 6) is -2.74. The van der Waals surface area contributed by atoms with Crippen molar-refractivity contribution in [1.29, 1.82) is 0 Å². The summed E-state index contributed by atoms with van der Waals surface area (Å²) < 4.78 is 0. The molecule has 0 aromatic heterocycles. The highest BCUT2D eigenvalue weighted by molar-refractivity contribution is 6.00. The number of hydrogen-bond acceptors (Lipinski definition) is 6. The molecule has 7 rings (SSSR count). The Hall–Kier alpha value is -2.98. The molecule has 36 heavy (non-hydrogen) atoms. The molecule has 2 amide bonds. The third kappa shape index (κ3) is 4.97. The molecule has 4 bridgehead atoms. The molecule has 6 fully saturated rings. The highest BCUT2D eigenvalue weighted by Gasteiger charge is 2.43. The molecule has 0 spiro atoms. The lowest BCUT2D eigenvalue weighted by molar-refractivity contribution is -0.143. The Labute approximate surface area is 210 Å². The van der Waals surface area contributed by atoms with Crippen molar-refractivity contribution >= 4 is 23.8 Å². The highest BCUT2D eigenvalue weighted by Crippen LogP contribution is 2.35. The number of piperidine rings is 6. The predicted molar refractivity (Wildman–Crippen MR) is 130 cm³/mol. The number of rotatable bonds is 8. The van der Waals surface area contributed by atoms with Crippen LogP contribution in [0.2, 0.25) is 0 Å². The average molecular weight is 499 g/mol. The average Bonchev–Trinajstić information content (AvgIpc) is 2.91. The normalized spacial score (nSPS) is 32.3. The van der Waals surface area contributed by atoms with Crippen molar-refractivity contribution < 1.29 is 29.4 Å². The van der Waals surface area contributed by atoms with Crippen LogP contribution in [0, 0.1) is 23.7 Å². The lowest BCUT2D eigenvalue weighted by Gasteiger charge is -2.46. The Balaban J connectivity index is 1.22. The van der Waals surface area contributed by atoms with Crippen LogP contribution >= 0.6 is 0 Å². The molecule has 0 aliphatic carbocycles. The third-order valence-electron chi connectivity index (χ3n) is 8.78. The van der Waals surface area contributed by atoms with Gasteiger partial charge in [-0.3, -0.25) is 9.59 Å². The van der Waals surface area contributed by atoms with E-state index < -0.39 is 35.8 Å². The SMILES string of the molecule is O=C(N[C@@H](C(=O)O)C1CN2CCC1CC2)c1ccc(C(=O)N[C@@H](C(=O)O)C2CN3CCC2CC3)cc1. The molecule has 194 valence electrons. The zero-order valence-corrected chi connectivity index (χ0v) is 20.3. The maximum Gasteiger partial charge on any atom is 0.326 e. The van der Waals surface area contributed by atoms with Gasteiger partial charge in [0.25, 0.3) is 11.8 Å². The number of fused-ring (bicyclic) bond motifs is 6. The molecule has 0 saturated carbocycles. The molecule has 0 radical (unpaired) electrons. The van der Waals surface area contributed by atoms with Gasteiger partial charge in [0.2, 0.25) is 0 Å². The van der Waals surface area contributed by atoms with Crippen molar-refractivity contribution in [2.24, 2.45) is 23.7 Å². The van der Waals surface area contributed by atoms with Gasteiger partial charge in [-0.2, -0.15) is 0 Å². The van der Waals surface area contributed by atoms with Gasteiger partial charge in [-0.15, -0.1) is 0 Å². The van der Waals surface area contributed by atoms with Crippen LogP contribution in [0.3, 0.4) is 0 Å². The van der Waals surface area contributed by atoms with Crippen LogP contribution in [0.5, 0.6) is 0 Å². The van der Waals surface area contributed by atoms with E-state index in [-0.39, 0.29) is 23.0 Å². The zero-order chi connectivity index (χ0) is 25.4. The number of amides is 2. The number of nitrogens with one attached hydrogen (secondary N) is 2. The van der Waals surface area contributed by atoms with Gasteiger partial charge in [-0.05, 0) is 88.0 Å². The minimum atomic E-state index is -1.04. The smallest absolute Gasteiger partial charge is 0.326 e. The number of benzene rings is 1. The number of carbonyl (C=O) groups excluding carboxylic acids is 2. The Kier molecular flexibility index (Phi) is 6.98. The largest absolute Gasteiger partial charge is 0.480 e. The quantitative estimate of drug-likeness (QED) is 0.412. The van der Waals surface area contributed by atoms with Gasteiger partial charge in [0.15, 0.2) is 0 Å². The number of carboxylic acids is 2. The topological polar surface area (TPSA) is 139 Å². The number of hydrogen-bond donors (Lipinski definition) is 4. The van der Waals surface area contributed by atoms with Crippen LogP contribution in [0.25, 0.3) is 0 Å². The molecule has 10 heteroatoms. The van der Waals surface area contributed by atoms with E-state index in [0.29, 0.717) is 24.9 Å². The van der Waals surface area contributed by atoms with Crippen LogP contribution in [0.4, 0.5) is 0 Å². The molecule has 6 aliphatic heterocycles. The van der Waals surface area contributed by atoms with E-state index >= 15 is 0 Å². The van der Waals surface area contributed by atoms with Crippen molar-refractivity contribution in [3.8, 4) is 0 Å². The molecule has 4 N–H and O–H groups in total. The van der Waals surface area contributed by atoms with E-state index in [0.717, 1.165) is 51.9 Å². The fourth-order valence-electron chi connectivity index (χ4n) is 6.70. The maximum absolute atomic E-state index is 12.9. The summed E-state index contributed by atoms with van der Waals surface area (Å²) in [4.78, 5) is 54.2. The molecule has 1 aromatic carbocycles. The number of carbonyl (C=O) groups is 4. The summed E-state index contributed by atoms with van der Waals surface area (Å²) in [6.07, 6.45) is 3.80. The van der Waals surface area contributed by atoms with Gasteiger partial charge in [-0.25, -0.2) is 9.59 Å². The van der Waals surface area contributed by atoms with E-state index in [9.17, 15) is 29.4 Å². The van der Waals surface area contributed by atoms with Crippen LogP contribution in [-0.4, -0.2) is 95.1 Å². The predicted octanol–water partition coefficient (Wildman–Crippen LogP) is 0.736. The van der Waals surface area contributed by atoms with Gasteiger partial charge < -0.3 is 30.6 Å². The van der Waals surface area contributed by atoms with Gasteiger partial charge in [-0.1, -0.05) is 0 Å². The van der Waals surface area contributed by atoms with Crippen molar-refractivity contribution in [2.45, 2.75) is 37.8 Å². The first-order valence-corrected chi connectivity index (χ1v) is 12.9. The molecular weight excluding hydrogens is 464 g/mol. The minimum absolute atomic E-state index is 0.127. The summed E-state index contributed by atoms with van der Waals surface area (Å²) >= 11 is 0. The second-order valence-corrected chi connectivity index (χ2v) is 10.8. The van der Waals surface area contributed by atoms with Crippen LogP contribution in [-0.2, 0) is 9.59 Å². The first-order valence-electron chi connectivity index (χ1n) is 12.9. The fraction of sp³-hybridized carbons (Fsp3) is 0.615. The Morgan fingerprint density at radius 2 is 1.00 bits per heavy atom. The molecule has 6 saturated heterocycles. The van der Waals surface area contributed by atoms with Crippen LogP contribution < -0.4 is 10.6 Å². The van der Waals surface area contributed by atoms with E-state index in [1.807, 2.05) is 0 Å². The van der Waals surface area contributed by atoms with Gasteiger partial charge in [0.1, 0.15) is 12.1 Å². The standard InChI is InChI=1S/C26H34N4O6/c31-23(27-21(25(33)34)19-13-29-9-5-15(19)6-10-29)17-1-2-18(4-3-17)24(32)28-22(26(35)36)20-14-30-11-7-16(20)8-12-30/h1-4,15-16,19-22H,5-14H2,(H,27,31)(H,28,32)(H,33,34)(H,35,36)/t19?,20?,21-,22-/m1/s1. The number of nitrogens with zero attached hydrogens (tertiary/aromatic N) is 2. The molecule has 4 atom stereocenters. The zero-order valence-electron chi connectivity index (χ0n) is 20.3. The second-order valence-electron chi connectivity index (χ2n) is 10.8. The van der Waals surface area contributed by atoms with Gasteiger partial charge in [0.05, 0.1) is 0 Å². The Morgan fingerprint density at radius 3 is 1.25 bits per heavy atom. The summed E-state index contributed by atoms with van der Waals surface area (Å²) in [7, 11) is 0. The second kappa shape index (κ2) is 10.2. The monoisotopic (exact) mass is 498 g/mol. The van der Waals surface area contributed by atoms with E-state index in [1.165, 1.54) is 24.3 Å². The van der Waals surface area contributed by atoms with Crippen molar-refractivity contribution in [3.63, 3.8) is 0 Å². The van der Waals surface area contributed by atoms with Crippen molar-refractivity contribution in [1.82, 2.24) is 20.4 Å². The first kappa shape index (κ1) is 24.7.